The van der Waals surface area contributed by atoms with E-state index in [4.69, 9.17) is 4.74 Å². The lowest BCUT2D eigenvalue weighted by molar-refractivity contribution is -0.140. The van der Waals surface area contributed by atoms with Crippen LogP contribution in [-0.2, 0) is 16.1 Å². The predicted octanol–water partition coefficient (Wildman–Crippen LogP) is 4.61. The van der Waals surface area contributed by atoms with Crippen LogP contribution in [0.4, 0.5) is 4.39 Å². The number of benzene rings is 2. The number of pyridine rings is 1. The standard InChI is InChI=1S/C24H18BrFN2O4/c1-32-19-7-6-15(12-17(19)25)22(29)20-21(16-4-2-3-5-18(16)26)28(24(31)23(20)30)13-14-8-10-27-11-9-14/h2-12,21,29H,13H2,1H3/b22-20+. The predicted molar refractivity (Wildman–Crippen MR) is 119 cm³/mol. The molecule has 1 fully saturated rings. The summed E-state index contributed by atoms with van der Waals surface area (Å²) in [5.74, 6) is -2.13. The zero-order valence-electron chi connectivity index (χ0n) is 17.0. The first-order valence-corrected chi connectivity index (χ1v) is 10.5. The van der Waals surface area contributed by atoms with Gasteiger partial charge in [-0.3, -0.25) is 14.6 Å². The molecular formula is C24H18BrFN2O4. The summed E-state index contributed by atoms with van der Waals surface area (Å²) in [6.07, 6.45) is 3.14. The molecule has 162 valence electrons. The summed E-state index contributed by atoms with van der Waals surface area (Å²) in [5.41, 5.74) is 0.956. The number of nitrogens with zero attached hydrogens (tertiary/aromatic N) is 2. The topological polar surface area (TPSA) is 79.7 Å². The Hall–Kier alpha value is -3.52. The van der Waals surface area contributed by atoms with Gasteiger partial charge in [-0.2, -0.15) is 0 Å². The summed E-state index contributed by atoms with van der Waals surface area (Å²) >= 11 is 3.35. The summed E-state index contributed by atoms with van der Waals surface area (Å²) < 4.78 is 20.6. The summed E-state index contributed by atoms with van der Waals surface area (Å²) in [6.45, 7) is 0.0508. The number of hydrogen-bond donors (Lipinski definition) is 1. The molecule has 3 aromatic rings. The first-order chi connectivity index (χ1) is 15.4. The minimum Gasteiger partial charge on any atom is -0.507 e. The van der Waals surface area contributed by atoms with Crippen LogP contribution in [0.5, 0.6) is 5.75 Å². The van der Waals surface area contributed by atoms with Gasteiger partial charge in [0, 0.05) is 30.1 Å². The molecule has 0 spiro atoms. The number of carbonyl (C=O) groups excluding carboxylic acids is 2. The summed E-state index contributed by atoms with van der Waals surface area (Å²) in [7, 11) is 1.50. The van der Waals surface area contributed by atoms with Crippen LogP contribution in [-0.4, -0.2) is 33.8 Å². The third-order valence-corrected chi connectivity index (χ3v) is 5.89. The van der Waals surface area contributed by atoms with Crippen molar-refractivity contribution in [3.63, 3.8) is 0 Å². The molecule has 6 nitrogen and oxygen atoms in total. The van der Waals surface area contributed by atoms with Crippen LogP contribution in [0.1, 0.15) is 22.7 Å². The molecule has 2 aromatic carbocycles. The Labute approximate surface area is 192 Å². The lowest BCUT2D eigenvalue weighted by atomic mass is 9.94. The molecule has 32 heavy (non-hydrogen) atoms. The molecule has 1 atom stereocenters. The van der Waals surface area contributed by atoms with Crippen molar-refractivity contribution >= 4 is 33.4 Å². The highest BCUT2D eigenvalue weighted by atomic mass is 79.9. The number of aliphatic hydroxyl groups excluding tert-OH is 1. The van der Waals surface area contributed by atoms with Crippen molar-refractivity contribution in [1.29, 1.82) is 0 Å². The van der Waals surface area contributed by atoms with E-state index in [1.165, 1.54) is 30.2 Å². The summed E-state index contributed by atoms with van der Waals surface area (Å²) in [4.78, 5) is 31.2. The molecule has 2 heterocycles. The maximum Gasteiger partial charge on any atom is 0.295 e. The highest BCUT2D eigenvalue weighted by molar-refractivity contribution is 9.10. The molecule has 0 radical (unpaired) electrons. The Morgan fingerprint density at radius 1 is 1.16 bits per heavy atom. The van der Waals surface area contributed by atoms with E-state index in [2.05, 4.69) is 20.9 Å². The molecule has 0 aliphatic carbocycles. The van der Waals surface area contributed by atoms with Crippen LogP contribution in [0.2, 0.25) is 0 Å². The number of Topliss-reactive ketones (excluding diaryl/α,β-unsaturated/α-hetero) is 1. The maximum absolute atomic E-state index is 14.8. The molecule has 1 amide bonds. The molecule has 1 N–H and O–H groups in total. The molecule has 1 aliphatic rings. The quantitative estimate of drug-likeness (QED) is 0.317. The van der Waals surface area contributed by atoms with Crippen LogP contribution in [0.15, 0.2) is 77.0 Å². The van der Waals surface area contributed by atoms with Gasteiger partial charge in [-0.15, -0.1) is 0 Å². The van der Waals surface area contributed by atoms with Crippen molar-refractivity contribution < 1.29 is 23.8 Å². The Balaban J connectivity index is 1.89. The number of hydrogen-bond acceptors (Lipinski definition) is 5. The van der Waals surface area contributed by atoms with Crippen molar-refractivity contribution in [2.24, 2.45) is 0 Å². The van der Waals surface area contributed by atoms with Gasteiger partial charge in [0.15, 0.2) is 0 Å². The largest absolute Gasteiger partial charge is 0.507 e. The minimum absolute atomic E-state index is 0.0508. The fourth-order valence-electron chi connectivity index (χ4n) is 3.72. The van der Waals surface area contributed by atoms with E-state index >= 15 is 0 Å². The highest BCUT2D eigenvalue weighted by Gasteiger charge is 2.47. The maximum atomic E-state index is 14.8. The number of methoxy groups -OCH3 is 1. The third-order valence-electron chi connectivity index (χ3n) is 5.27. The number of carbonyl (C=O) groups is 2. The second-order valence-corrected chi connectivity index (χ2v) is 8.01. The van der Waals surface area contributed by atoms with Gasteiger partial charge in [-0.05, 0) is 57.9 Å². The number of halogens is 2. The van der Waals surface area contributed by atoms with Crippen LogP contribution in [0.3, 0.4) is 0 Å². The van der Waals surface area contributed by atoms with Gasteiger partial charge in [-0.1, -0.05) is 18.2 Å². The highest BCUT2D eigenvalue weighted by Crippen LogP contribution is 2.41. The van der Waals surface area contributed by atoms with Crippen molar-refractivity contribution in [3.05, 3.63) is 99.5 Å². The zero-order chi connectivity index (χ0) is 22.8. The number of ketones is 1. The van der Waals surface area contributed by atoms with Gasteiger partial charge in [0.05, 0.1) is 23.2 Å². The SMILES string of the molecule is COc1ccc(/C(O)=C2\C(=O)C(=O)N(Cc3ccncc3)C2c2ccccc2F)cc1Br. The summed E-state index contributed by atoms with van der Waals surface area (Å²) in [5, 5.41) is 11.1. The summed E-state index contributed by atoms with van der Waals surface area (Å²) in [6, 6.07) is 13.0. The van der Waals surface area contributed by atoms with E-state index < -0.39 is 29.3 Å². The first-order valence-electron chi connectivity index (χ1n) is 9.68. The fourth-order valence-corrected chi connectivity index (χ4v) is 4.26. The van der Waals surface area contributed by atoms with Crippen molar-refractivity contribution in [2.75, 3.05) is 7.11 Å². The smallest absolute Gasteiger partial charge is 0.295 e. The van der Waals surface area contributed by atoms with Gasteiger partial charge in [0.2, 0.25) is 0 Å². The first kappa shape index (κ1) is 21.7. The van der Waals surface area contributed by atoms with E-state index in [-0.39, 0.29) is 17.7 Å². The third kappa shape index (κ3) is 3.89. The van der Waals surface area contributed by atoms with E-state index in [0.717, 1.165) is 5.56 Å². The molecule has 1 unspecified atom stereocenters. The van der Waals surface area contributed by atoms with E-state index in [1.54, 1.807) is 48.8 Å². The lowest BCUT2D eigenvalue weighted by Crippen LogP contribution is -2.29. The average Bonchev–Trinajstić information content (AvgIpc) is 3.04. The fraction of sp³-hybridized carbons (Fsp3) is 0.125. The number of likely N-dealkylation sites (tertiary alicyclic amines) is 1. The Morgan fingerprint density at radius 3 is 2.53 bits per heavy atom. The van der Waals surface area contributed by atoms with Crippen molar-refractivity contribution in [3.8, 4) is 5.75 Å². The van der Waals surface area contributed by atoms with Gasteiger partial charge >= 0.3 is 0 Å². The number of aliphatic hydroxyl groups is 1. The van der Waals surface area contributed by atoms with Crippen LogP contribution >= 0.6 is 15.9 Å². The Bertz CT molecular complexity index is 1230. The molecule has 0 saturated carbocycles. The van der Waals surface area contributed by atoms with Gasteiger partial charge in [0.1, 0.15) is 17.3 Å². The van der Waals surface area contributed by atoms with Crippen LogP contribution in [0.25, 0.3) is 5.76 Å². The molecule has 1 aliphatic heterocycles. The normalized spacial score (nSPS) is 17.6. The van der Waals surface area contributed by atoms with Crippen LogP contribution < -0.4 is 4.74 Å². The van der Waals surface area contributed by atoms with E-state index in [0.29, 0.717) is 15.8 Å². The lowest BCUT2D eigenvalue weighted by Gasteiger charge is -2.25. The van der Waals surface area contributed by atoms with Crippen molar-refractivity contribution in [1.82, 2.24) is 9.88 Å². The van der Waals surface area contributed by atoms with Crippen LogP contribution in [0, 0.1) is 5.82 Å². The zero-order valence-corrected chi connectivity index (χ0v) is 18.5. The van der Waals surface area contributed by atoms with Gasteiger partial charge in [0.25, 0.3) is 11.7 Å². The van der Waals surface area contributed by atoms with Gasteiger partial charge < -0.3 is 14.7 Å². The Kier molecular flexibility index (Phi) is 6.05. The van der Waals surface area contributed by atoms with E-state index in [1.807, 2.05) is 0 Å². The second-order valence-electron chi connectivity index (χ2n) is 7.15. The minimum atomic E-state index is -1.09. The van der Waals surface area contributed by atoms with E-state index in [9.17, 15) is 19.1 Å². The molecular weight excluding hydrogens is 479 g/mol. The molecule has 1 aromatic heterocycles. The average molecular weight is 497 g/mol. The number of aromatic nitrogens is 1. The molecule has 8 heteroatoms. The Morgan fingerprint density at radius 2 is 1.88 bits per heavy atom. The number of amides is 1. The number of ether oxygens (including phenoxy) is 1. The monoisotopic (exact) mass is 496 g/mol. The number of rotatable bonds is 5. The van der Waals surface area contributed by atoms with Crippen molar-refractivity contribution in [2.45, 2.75) is 12.6 Å². The molecule has 1 saturated heterocycles. The van der Waals surface area contributed by atoms with Gasteiger partial charge in [-0.25, -0.2) is 4.39 Å². The second kappa shape index (κ2) is 8.92. The molecule has 4 rings (SSSR count). The molecule has 0 bridgehead atoms.